The van der Waals surface area contributed by atoms with Crippen LogP contribution in [-0.2, 0) is 23.0 Å². The predicted molar refractivity (Wildman–Crippen MR) is 112 cm³/mol. The van der Waals surface area contributed by atoms with Gasteiger partial charge in [0.15, 0.2) is 0 Å². The van der Waals surface area contributed by atoms with Gasteiger partial charge >= 0.3 is 0 Å². The number of hydrogen-bond acceptors (Lipinski definition) is 6. The van der Waals surface area contributed by atoms with Crippen LogP contribution in [0.2, 0.25) is 0 Å². The van der Waals surface area contributed by atoms with Gasteiger partial charge in [0.05, 0.1) is 10.6 Å². The summed E-state index contributed by atoms with van der Waals surface area (Å²) in [5.41, 5.74) is 3.11. The number of hydrogen-bond donors (Lipinski definition) is 2. The van der Waals surface area contributed by atoms with Crippen LogP contribution in [0.1, 0.15) is 56.9 Å². The molecule has 1 aliphatic rings. The van der Waals surface area contributed by atoms with E-state index in [0.717, 1.165) is 42.0 Å². The number of nitrogens with one attached hydrogen (secondary N) is 1. The van der Waals surface area contributed by atoms with Crippen molar-refractivity contribution in [2.45, 2.75) is 63.9 Å². The average Bonchev–Trinajstić information content (AvgIpc) is 2.66. The fraction of sp³-hybridized carbons (Fsp3) is 0.500. The molecule has 1 atom stereocenters. The van der Waals surface area contributed by atoms with Crippen molar-refractivity contribution in [2.24, 2.45) is 5.14 Å². The van der Waals surface area contributed by atoms with Gasteiger partial charge in [-0.15, -0.1) is 0 Å². The van der Waals surface area contributed by atoms with E-state index in [-0.39, 0.29) is 16.9 Å². The van der Waals surface area contributed by atoms with E-state index in [2.05, 4.69) is 42.9 Å². The molecule has 7 nitrogen and oxygen atoms in total. The van der Waals surface area contributed by atoms with Crippen LogP contribution in [0.5, 0.6) is 0 Å². The third-order valence-corrected chi connectivity index (χ3v) is 6.07. The second-order valence-electron chi connectivity index (χ2n) is 7.73. The number of anilines is 2. The smallest absolute Gasteiger partial charge is 0.238 e. The van der Waals surface area contributed by atoms with Crippen LogP contribution in [-0.4, -0.2) is 31.0 Å². The lowest BCUT2D eigenvalue weighted by molar-refractivity contribution is 0.597. The zero-order chi connectivity index (χ0) is 20.5. The Balaban J connectivity index is 1.94. The molecule has 3 N–H and O–H groups in total. The van der Waals surface area contributed by atoms with Crippen LogP contribution in [0, 0.1) is 0 Å². The maximum absolute atomic E-state index is 11.7. The van der Waals surface area contributed by atoms with Gasteiger partial charge in [0.1, 0.15) is 5.82 Å². The van der Waals surface area contributed by atoms with Crippen molar-refractivity contribution in [2.75, 3.05) is 16.8 Å². The molecule has 152 valence electrons. The molecule has 0 unspecified atom stereocenters. The van der Waals surface area contributed by atoms with Gasteiger partial charge in [0, 0.05) is 25.2 Å². The van der Waals surface area contributed by atoms with Gasteiger partial charge in [0.2, 0.25) is 16.0 Å². The summed E-state index contributed by atoms with van der Waals surface area (Å²) in [6, 6.07) is 7.44. The Hall–Kier alpha value is -2.19. The molecule has 2 aromatic rings. The Morgan fingerprint density at radius 3 is 2.57 bits per heavy atom. The first-order valence-corrected chi connectivity index (χ1v) is 11.3. The van der Waals surface area contributed by atoms with Crippen LogP contribution in [0.25, 0.3) is 0 Å². The van der Waals surface area contributed by atoms with E-state index in [1.54, 1.807) is 12.1 Å². The zero-order valence-electron chi connectivity index (χ0n) is 16.9. The van der Waals surface area contributed by atoms with E-state index in [9.17, 15) is 8.42 Å². The van der Waals surface area contributed by atoms with Gasteiger partial charge in [-0.2, -0.15) is 4.98 Å². The van der Waals surface area contributed by atoms with E-state index in [4.69, 9.17) is 10.1 Å². The average molecular weight is 404 g/mol. The van der Waals surface area contributed by atoms with Crippen LogP contribution >= 0.6 is 0 Å². The second-order valence-corrected chi connectivity index (χ2v) is 9.29. The Kier molecular flexibility index (Phi) is 5.90. The number of fused-ring (bicyclic) bond motifs is 1. The third kappa shape index (κ3) is 4.62. The van der Waals surface area contributed by atoms with Crippen molar-refractivity contribution in [1.29, 1.82) is 0 Å². The minimum atomic E-state index is -3.71. The summed E-state index contributed by atoms with van der Waals surface area (Å²) in [5, 5.41) is 8.67. The maximum atomic E-state index is 11.7. The minimum absolute atomic E-state index is 0.151. The third-order valence-electron chi connectivity index (χ3n) is 5.15. The van der Waals surface area contributed by atoms with Gasteiger partial charge in [-0.05, 0) is 48.9 Å². The summed E-state index contributed by atoms with van der Waals surface area (Å²) in [6.45, 7) is 9.87. The molecule has 0 fully saturated rings. The quantitative estimate of drug-likeness (QED) is 0.769. The molecule has 1 aliphatic heterocycles. The van der Waals surface area contributed by atoms with Crippen molar-refractivity contribution in [3.8, 4) is 0 Å². The van der Waals surface area contributed by atoms with Crippen LogP contribution in [0.4, 0.5) is 11.8 Å². The van der Waals surface area contributed by atoms with Gasteiger partial charge < -0.3 is 10.2 Å². The molecule has 3 rings (SSSR count). The summed E-state index contributed by atoms with van der Waals surface area (Å²) in [4.78, 5) is 11.7. The number of sulfonamides is 1. The number of nitrogens with zero attached hydrogens (tertiary/aromatic N) is 3. The molecule has 2 heterocycles. The molecule has 0 amide bonds. The standard InChI is InChI=1S/C20H29N5O2S/c1-5-14(4)22-20-23-18(13(2)3)11-19(24-20)25-9-8-15-6-7-17(28(21,26)27)10-16(15)12-25/h6-7,10-11,13-14H,5,8-9,12H2,1-4H3,(H2,21,26,27)(H,22,23,24)/t14-/m0/s1. The molecular weight excluding hydrogens is 374 g/mol. The molecule has 28 heavy (non-hydrogen) atoms. The predicted octanol–water partition coefficient (Wildman–Crippen LogP) is 3.02. The van der Waals surface area contributed by atoms with Gasteiger partial charge in [-0.1, -0.05) is 26.8 Å². The van der Waals surface area contributed by atoms with E-state index in [1.165, 1.54) is 0 Å². The Morgan fingerprint density at radius 1 is 1.18 bits per heavy atom. The molecule has 0 spiro atoms. The second kappa shape index (κ2) is 8.05. The van der Waals surface area contributed by atoms with Gasteiger partial charge in [-0.25, -0.2) is 18.5 Å². The molecule has 1 aromatic heterocycles. The Bertz CT molecular complexity index is 959. The molecule has 1 aromatic carbocycles. The molecule has 0 saturated carbocycles. The summed E-state index contributed by atoms with van der Waals surface area (Å²) in [5.74, 6) is 1.78. The van der Waals surface area contributed by atoms with Crippen molar-refractivity contribution >= 4 is 21.8 Å². The van der Waals surface area contributed by atoms with Crippen LogP contribution in [0.15, 0.2) is 29.2 Å². The zero-order valence-corrected chi connectivity index (χ0v) is 17.8. The Morgan fingerprint density at radius 2 is 1.93 bits per heavy atom. The number of benzene rings is 1. The summed E-state index contributed by atoms with van der Waals surface area (Å²) < 4.78 is 23.4. The largest absolute Gasteiger partial charge is 0.352 e. The van der Waals surface area contributed by atoms with E-state index >= 15 is 0 Å². The lowest BCUT2D eigenvalue weighted by Gasteiger charge is -2.31. The van der Waals surface area contributed by atoms with Crippen molar-refractivity contribution in [1.82, 2.24) is 9.97 Å². The lowest BCUT2D eigenvalue weighted by Crippen LogP contribution is -2.32. The highest BCUT2D eigenvalue weighted by Gasteiger charge is 2.21. The van der Waals surface area contributed by atoms with E-state index < -0.39 is 10.0 Å². The number of primary sulfonamides is 1. The minimum Gasteiger partial charge on any atom is -0.352 e. The fourth-order valence-electron chi connectivity index (χ4n) is 3.20. The van der Waals surface area contributed by atoms with Gasteiger partial charge in [-0.3, -0.25) is 0 Å². The number of rotatable bonds is 6. The first-order valence-electron chi connectivity index (χ1n) is 9.72. The van der Waals surface area contributed by atoms with Crippen molar-refractivity contribution in [3.05, 3.63) is 41.1 Å². The molecule has 0 bridgehead atoms. The van der Waals surface area contributed by atoms with E-state index in [1.807, 2.05) is 12.1 Å². The topological polar surface area (TPSA) is 101 Å². The molecular formula is C20H29N5O2S. The fourth-order valence-corrected chi connectivity index (χ4v) is 3.77. The summed E-state index contributed by atoms with van der Waals surface area (Å²) in [7, 11) is -3.71. The molecule has 0 radical (unpaired) electrons. The lowest BCUT2D eigenvalue weighted by atomic mass is 10.00. The molecule has 0 aliphatic carbocycles. The van der Waals surface area contributed by atoms with Gasteiger partial charge in [0.25, 0.3) is 0 Å². The maximum Gasteiger partial charge on any atom is 0.238 e. The highest BCUT2D eigenvalue weighted by atomic mass is 32.2. The SMILES string of the molecule is CC[C@H](C)Nc1nc(C(C)C)cc(N2CCc3ccc(S(N)(=O)=O)cc3C2)n1. The van der Waals surface area contributed by atoms with Crippen molar-refractivity contribution < 1.29 is 8.42 Å². The van der Waals surface area contributed by atoms with E-state index in [0.29, 0.717) is 12.5 Å². The first-order chi connectivity index (χ1) is 13.2. The summed E-state index contributed by atoms with van der Waals surface area (Å²) in [6.07, 6.45) is 1.81. The molecule has 8 heteroatoms. The first kappa shape index (κ1) is 20.5. The van der Waals surface area contributed by atoms with Crippen LogP contribution in [0.3, 0.4) is 0 Å². The number of aromatic nitrogens is 2. The highest BCUT2D eigenvalue weighted by molar-refractivity contribution is 7.89. The summed E-state index contributed by atoms with van der Waals surface area (Å²) >= 11 is 0. The van der Waals surface area contributed by atoms with Crippen LogP contribution < -0.4 is 15.4 Å². The molecule has 0 saturated heterocycles. The number of nitrogens with two attached hydrogens (primary N) is 1. The monoisotopic (exact) mass is 403 g/mol. The Labute approximate surface area is 167 Å². The highest BCUT2D eigenvalue weighted by Crippen LogP contribution is 2.27. The normalized spacial score (nSPS) is 15.4. The van der Waals surface area contributed by atoms with Crippen molar-refractivity contribution in [3.63, 3.8) is 0 Å².